The molecule has 29 heavy (non-hydrogen) atoms. The van der Waals surface area contributed by atoms with Crippen LogP contribution in [0.5, 0.6) is 5.75 Å². The van der Waals surface area contributed by atoms with Gasteiger partial charge in [0.05, 0.1) is 13.7 Å². The van der Waals surface area contributed by atoms with E-state index in [1.165, 1.54) is 5.56 Å². The average molecular weight is 515 g/mol. The molecule has 6 nitrogen and oxygen atoms in total. The Balaban J connectivity index is 0.00000420. The van der Waals surface area contributed by atoms with Crippen LogP contribution in [-0.2, 0) is 12.0 Å². The maximum Gasteiger partial charge on any atom is 0.191 e. The first-order chi connectivity index (χ1) is 13.4. The van der Waals surface area contributed by atoms with Gasteiger partial charge in [-0.3, -0.25) is 0 Å². The van der Waals surface area contributed by atoms with Crippen LogP contribution in [0.2, 0.25) is 0 Å². The van der Waals surface area contributed by atoms with Gasteiger partial charge in [0.25, 0.3) is 0 Å². The van der Waals surface area contributed by atoms with Crippen molar-refractivity contribution < 1.29 is 14.3 Å². The van der Waals surface area contributed by atoms with Crippen LogP contribution in [-0.4, -0.2) is 37.8 Å². The topological polar surface area (TPSA) is 79.0 Å². The highest BCUT2D eigenvalue weighted by atomic mass is 127. The van der Waals surface area contributed by atoms with Gasteiger partial charge in [-0.05, 0) is 69.9 Å². The molecular formula is C22H34IN3O3. The van der Waals surface area contributed by atoms with E-state index in [4.69, 9.17) is 9.15 Å². The number of guanidine groups is 1. The Morgan fingerprint density at radius 2 is 1.86 bits per heavy atom. The zero-order valence-corrected chi connectivity index (χ0v) is 20.2. The van der Waals surface area contributed by atoms with Crippen molar-refractivity contribution in [3.8, 4) is 5.75 Å². The first-order valence-corrected chi connectivity index (χ1v) is 9.89. The molecule has 0 amide bonds. The van der Waals surface area contributed by atoms with Gasteiger partial charge in [-0.25, -0.2) is 4.99 Å². The third kappa shape index (κ3) is 8.65. The van der Waals surface area contributed by atoms with E-state index in [-0.39, 0.29) is 30.5 Å². The molecule has 7 heteroatoms. The Labute approximate surface area is 191 Å². The number of rotatable bonds is 10. The summed E-state index contributed by atoms with van der Waals surface area (Å²) in [5.74, 6) is 2.90. The van der Waals surface area contributed by atoms with Crippen molar-refractivity contribution in [3.63, 3.8) is 0 Å². The molecule has 0 radical (unpaired) electrons. The highest BCUT2D eigenvalue weighted by Gasteiger charge is 2.26. The summed E-state index contributed by atoms with van der Waals surface area (Å²) in [7, 11) is 1.68. The summed E-state index contributed by atoms with van der Waals surface area (Å²) < 4.78 is 10.7. The number of aliphatic imine (C=N–C) groups is 1. The first kappa shape index (κ1) is 25.3. The fourth-order valence-electron chi connectivity index (χ4n) is 2.83. The Morgan fingerprint density at radius 1 is 1.14 bits per heavy atom. The lowest BCUT2D eigenvalue weighted by Crippen LogP contribution is -2.39. The fraction of sp³-hybridized carbons (Fsp3) is 0.500. The van der Waals surface area contributed by atoms with Gasteiger partial charge < -0.3 is 24.9 Å². The van der Waals surface area contributed by atoms with Gasteiger partial charge in [0.2, 0.25) is 0 Å². The minimum atomic E-state index is -1.13. The molecule has 1 atom stereocenters. The quantitative estimate of drug-likeness (QED) is 0.193. The van der Waals surface area contributed by atoms with Gasteiger partial charge >= 0.3 is 0 Å². The van der Waals surface area contributed by atoms with E-state index in [2.05, 4.69) is 27.8 Å². The van der Waals surface area contributed by atoms with Crippen molar-refractivity contribution in [1.82, 2.24) is 10.6 Å². The highest BCUT2D eigenvalue weighted by Crippen LogP contribution is 2.23. The minimum Gasteiger partial charge on any atom is -0.497 e. The molecule has 0 spiro atoms. The molecule has 0 saturated carbocycles. The lowest BCUT2D eigenvalue weighted by molar-refractivity contribution is 0.0428. The molecule has 0 aliphatic carbocycles. The number of halogens is 1. The molecule has 162 valence electrons. The van der Waals surface area contributed by atoms with Crippen molar-refractivity contribution in [1.29, 1.82) is 0 Å². The normalized spacial score (nSPS) is 13.3. The number of aryl methyl sites for hydroxylation is 2. The van der Waals surface area contributed by atoms with Crippen LogP contribution in [0.3, 0.4) is 0 Å². The van der Waals surface area contributed by atoms with E-state index in [1.54, 1.807) is 20.1 Å². The number of benzene rings is 1. The van der Waals surface area contributed by atoms with Gasteiger partial charge in [-0.2, -0.15) is 0 Å². The average Bonchev–Trinajstić information content (AvgIpc) is 3.13. The van der Waals surface area contributed by atoms with Crippen molar-refractivity contribution in [2.75, 3.05) is 26.7 Å². The molecule has 0 aliphatic heterocycles. The van der Waals surface area contributed by atoms with Gasteiger partial charge in [0.15, 0.2) is 5.96 Å². The second-order valence-electron chi connectivity index (χ2n) is 7.11. The Kier molecular flexibility index (Phi) is 11.1. The summed E-state index contributed by atoms with van der Waals surface area (Å²) in [6, 6.07) is 11.8. The number of furan rings is 1. The summed E-state index contributed by atoms with van der Waals surface area (Å²) >= 11 is 0. The number of hydrogen-bond acceptors (Lipinski definition) is 4. The van der Waals surface area contributed by atoms with Crippen LogP contribution in [0.4, 0.5) is 0 Å². The van der Waals surface area contributed by atoms with Crippen LogP contribution < -0.4 is 15.4 Å². The lowest BCUT2D eigenvalue weighted by Gasteiger charge is -2.19. The number of aliphatic hydroxyl groups is 1. The number of ether oxygens (including phenoxy) is 1. The van der Waals surface area contributed by atoms with E-state index in [1.807, 2.05) is 32.0 Å². The van der Waals surface area contributed by atoms with E-state index in [0.717, 1.165) is 43.9 Å². The van der Waals surface area contributed by atoms with Crippen LogP contribution in [0.15, 0.2) is 45.8 Å². The molecule has 0 saturated heterocycles. The number of nitrogens with one attached hydrogen (secondary N) is 2. The minimum absolute atomic E-state index is 0. The number of hydrogen-bond donors (Lipinski definition) is 3. The van der Waals surface area contributed by atoms with Crippen molar-refractivity contribution in [2.45, 2.75) is 45.6 Å². The SMILES string of the molecule is CCNC(=NCC(C)(O)c1ccc(C)o1)NCCCCc1ccc(OC)cc1.I. The van der Waals surface area contributed by atoms with E-state index in [0.29, 0.717) is 11.7 Å². The maximum atomic E-state index is 10.6. The van der Waals surface area contributed by atoms with Crippen LogP contribution in [0.25, 0.3) is 0 Å². The van der Waals surface area contributed by atoms with Gasteiger partial charge in [0.1, 0.15) is 22.9 Å². The maximum absolute atomic E-state index is 10.6. The molecule has 0 aliphatic rings. The molecule has 0 bridgehead atoms. The number of nitrogens with zero attached hydrogens (tertiary/aromatic N) is 1. The Morgan fingerprint density at radius 3 is 2.45 bits per heavy atom. The number of unbranched alkanes of at least 4 members (excludes halogenated alkanes) is 1. The molecule has 1 aromatic heterocycles. The van der Waals surface area contributed by atoms with Crippen molar-refractivity contribution >= 4 is 29.9 Å². The molecule has 2 rings (SSSR count). The van der Waals surface area contributed by atoms with Gasteiger partial charge in [-0.15, -0.1) is 24.0 Å². The third-order valence-corrected chi connectivity index (χ3v) is 4.50. The second kappa shape index (κ2) is 12.7. The van der Waals surface area contributed by atoms with Gasteiger partial charge in [0, 0.05) is 13.1 Å². The predicted octanol–water partition coefficient (Wildman–Crippen LogP) is 4.00. The summed E-state index contributed by atoms with van der Waals surface area (Å²) in [5, 5.41) is 17.2. The molecule has 1 aromatic carbocycles. The number of methoxy groups -OCH3 is 1. The zero-order valence-electron chi connectivity index (χ0n) is 17.8. The smallest absolute Gasteiger partial charge is 0.191 e. The summed E-state index contributed by atoms with van der Waals surface area (Å²) in [4.78, 5) is 4.52. The second-order valence-corrected chi connectivity index (χ2v) is 7.11. The molecule has 0 fully saturated rings. The highest BCUT2D eigenvalue weighted by molar-refractivity contribution is 14.0. The van der Waals surface area contributed by atoms with E-state index in [9.17, 15) is 5.11 Å². The summed E-state index contributed by atoms with van der Waals surface area (Å²) in [6.07, 6.45) is 3.15. The van der Waals surface area contributed by atoms with E-state index < -0.39 is 5.60 Å². The molecule has 1 heterocycles. The standard InChI is InChI=1S/C22H33N3O3.HI/c1-5-23-21(25-16-22(3,26)20-14-9-17(2)28-20)24-15-7-6-8-18-10-12-19(27-4)13-11-18;/h9-14,26H,5-8,15-16H2,1-4H3,(H2,23,24,25);1H. The van der Waals surface area contributed by atoms with Crippen LogP contribution in [0, 0.1) is 6.92 Å². The monoisotopic (exact) mass is 515 g/mol. The lowest BCUT2D eigenvalue weighted by atomic mass is 10.0. The third-order valence-electron chi connectivity index (χ3n) is 4.50. The fourth-order valence-corrected chi connectivity index (χ4v) is 2.83. The first-order valence-electron chi connectivity index (χ1n) is 9.89. The van der Waals surface area contributed by atoms with Crippen molar-refractivity contribution in [3.05, 3.63) is 53.5 Å². The van der Waals surface area contributed by atoms with E-state index >= 15 is 0 Å². The van der Waals surface area contributed by atoms with Crippen LogP contribution in [0.1, 0.15) is 43.8 Å². The van der Waals surface area contributed by atoms with Crippen LogP contribution >= 0.6 is 24.0 Å². The molecule has 3 N–H and O–H groups in total. The summed E-state index contributed by atoms with van der Waals surface area (Å²) in [6.45, 7) is 7.41. The van der Waals surface area contributed by atoms with Crippen molar-refractivity contribution in [2.24, 2.45) is 4.99 Å². The Hall–Kier alpha value is -1.74. The summed E-state index contributed by atoms with van der Waals surface area (Å²) in [5.41, 5.74) is 0.177. The van der Waals surface area contributed by atoms with Gasteiger partial charge in [-0.1, -0.05) is 12.1 Å². The molecular weight excluding hydrogens is 481 g/mol. The zero-order chi connectivity index (χ0) is 20.4. The predicted molar refractivity (Wildman–Crippen MR) is 128 cm³/mol. The largest absolute Gasteiger partial charge is 0.497 e. The Bertz CT molecular complexity index is 742. The molecule has 1 unspecified atom stereocenters. The molecule has 2 aromatic rings.